The molecule has 1 aromatic carbocycles. The van der Waals surface area contributed by atoms with Crippen molar-refractivity contribution < 1.29 is 9.53 Å². The van der Waals surface area contributed by atoms with Crippen molar-refractivity contribution in [1.29, 1.82) is 0 Å². The molecule has 0 aromatic heterocycles. The average Bonchev–Trinajstić information content (AvgIpc) is 2.77. The van der Waals surface area contributed by atoms with Crippen LogP contribution >= 0.6 is 0 Å². The monoisotopic (exact) mass is 416 g/mol. The number of piperidine rings is 1. The van der Waals surface area contributed by atoms with Gasteiger partial charge in [0.05, 0.1) is 19.1 Å². The number of carbonyl (C=O) groups is 1. The molecule has 0 bridgehead atoms. The molecular formula is C22H36N6O2. The minimum absolute atomic E-state index is 0.0181. The first-order valence-electron chi connectivity index (χ1n) is 11.0. The number of aliphatic imine (C=N–C) groups is 1. The van der Waals surface area contributed by atoms with Crippen LogP contribution in [-0.2, 0) is 22.6 Å². The summed E-state index contributed by atoms with van der Waals surface area (Å²) in [5.74, 6) is 0.620. The second kappa shape index (κ2) is 11.9. The molecule has 2 heterocycles. The predicted octanol–water partition coefficient (Wildman–Crippen LogP) is 0.381. The number of guanidine groups is 1. The van der Waals surface area contributed by atoms with Crippen LogP contribution < -0.4 is 16.4 Å². The third kappa shape index (κ3) is 7.27. The van der Waals surface area contributed by atoms with Crippen LogP contribution in [-0.4, -0.2) is 81.2 Å². The Morgan fingerprint density at radius 2 is 2.00 bits per heavy atom. The van der Waals surface area contributed by atoms with Crippen molar-refractivity contribution in [1.82, 2.24) is 20.4 Å². The van der Waals surface area contributed by atoms with E-state index in [1.165, 1.54) is 11.1 Å². The van der Waals surface area contributed by atoms with Crippen LogP contribution in [0.25, 0.3) is 0 Å². The topological polar surface area (TPSA) is 95.2 Å². The van der Waals surface area contributed by atoms with Crippen molar-refractivity contribution >= 4 is 11.9 Å². The molecule has 1 aromatic rings. The van der Waals surface area contributed by atoms with E-state index in [2.05, 4.69) is 49.7 Å². The zero-order valence-corrected chi connectivity index (χ0v) is 18.1. The van der Waals surface area contributed by atoms with Crippen molar-refractivity contribution in [2.45, 2.75) is 25.9 Å². The normalized spacial score (nSPS) is 21.4. The molecular weight excluding hydrogens is 380 g/mol. The molecule has 0 radical (unpaired) electrons. The number of hydrogen-bond acceptors (Lipinski definition) is 5. The number of amides is 1. The van der Waals surface area contributed by atoms with E-state index in [0.717, 1.165) is 84.4 Å². The summed E-state index contributed by atoms with van der Waals surface area (Å²) in [7, 11) is 1.80. The Morgan fingerprint density at radius 3 is 2.77 bits per heavy atom. The van der Waals surface area contributed by atoms with Gasteiger partial charge in [0.25, 0.3) is 0 Å². The lowest BCUT2D eigenvalue weighted by molar-refractivity contribution is -0.123. The van der Waals surface area contributed by atoms with E-state index in [4.69, 9.17) is 10.5 Å². The summed E-state index contributed by atoms with van der Waals surface area (Å²) in [6, 6.07) is 8.59. The van der Waals surface area contributed by atoms with Gasteiger partial charge in [-0.2, -0.15) is 0 Å². The van der Waals surface area contributed by atoms with Gasteiger partial charge >= 0.3 is 0 Å². The summed E-state index contributed by atoms with van der Waals surface area (Å²) < 4.78 is 5.39. The maximum absolute atomic E-state index is 11.5. The number of morpholine rings is 1. The van der Waals surface area contributed by atoms with E-state index >= 15 is 0 Å². The van der Waals surface area contributed by atoms with Crippen molar-refractivity contribution in [3.05, 3.63) is 35.4 Å². The Bertz CT molecular complexity index is 705. The second-order valence-corrected chi connectivity index (χ2v) is 8.10. The van der Waals surface area contributed by atoms with Gasteiger partial charge in [-0.3, -0.25) is 19.6 Å². The Morgan fingerprint density at radius 1 is 1.20 bits per heavy atom. The van der Waals surface area contributed by atoms with Crippen molar-refractivity contribution in [2.75, 3.05) is 59.5 Å². The first kappa shape index (κ1) is 22.5. The number of likely N-dealkylation sites (tertiary alicyclic amines) is 1. The number of nitrogens with two attached hydrogens (primary N) is 1. The standard InChI is InChI=1S/C22H36N6O2/c1-24-22(25-7-9-27-10-12-30-13-11-27)26-15-18-4-2-5-19(14-18)16-28-8-3-6-20(17-28)21(23)29/h2,4-5,14,20H,3,6-13,15-17H2,1H3,(H2,23,29)(H2,24,25,26). The number of carbonyl (C=O) groups excluding carboxylic acids is 1. The first-order chi connectivity index (χ1) is 14.6. The van der Waals surface area contributed by atoms with E-state index in [0.29, 0.717) is 0 Å². The fourth-order valence-corrected chi connectivity index (χ4v) is 4.09. The van der Waals surface area contributed by atoms with Gasteiger partial charge in [-0.05, 0) is 30.5 Å². The maximum Gasteiger partial charge on any atom is 0.221 e. The zero-order chi connectivity index (χ0) is 21.2. The zero-order valence-electron chi connectivity index (χ0n) is 18.1. The second-order valence-electron chi connectivity index (χ2n) is 8.10. The number of hydrogen-bond donors (Lipinski definition) is 3. The highest BCUT2D eigenvalue weighted by molar-refractivity contribution is 5.79. The molecule has 30 heavy (non-hydrogen) atoms. The van der Waals surface area contributed by atoms with E-state index in [1.807, 2.05) is 0 Å². The van der Waals surface area contributed by atoms with Gasteiger partial charge in [-0.25, -0.2) is 0 Å². The average molecular weight is 417 g/mol. The molecule has 2 aliphatic heterocycles. The van der Waals surface area contributed by atoms with Crippen LogP contribution in [0.2, 0.25) is 0 Å². The van der Waals surface area contributed by atoms with Crippen LogP contribution in [0.1, 0.15) is 24.0 Å². The first-order valence-corrected chi connectivity index (χ1v) is 11.0. The van der Waals surface area contributed by atoms with E-state index in [-0.39, 0.29) is 11.8 Å². The molecule has 3 rings (SSSR count). The molecule has 4 N–H and O–H groups in total. The summed E-state index contributed by atoms with van der Waals surface area (Å²) in [5.41, 5.74) is 7.98. The summed E-state index contributed by atoms with van der Waals surface area (Å²) in [5, 5.41) is 6.78. The van der Waals surface area contributed by atoms with Gasteiger partial charge in [-0.15, -0.1) is 0 Å². The molecule has 8 nitrogen and oxygen atoms in total. The van der Waals surface area contributed by atoms with Gasteiger partial charge in [0, 0.05) is 52.9 Å². The minimum Gasteiger partial charge on any atom is -0.379 e. The molecule has 0 saturated carbocycles. The lowest BCUT2D eigenvalue weighted by atomic mass is 9.97. The smallest absolute Gasteiger partial charge is 0.221 e. The predicted molar refractivity (Wildman–Crippen MR) is 119 cm³/mol. The third-order valence-electron chi connectivity index (χ3n) is 5.81. The number of nitrogens with zero attached hydrogens (tertiary/aromatic N) is 3. The molecule has 1 atom stereocenters. The highest BCUT2D eigenvalue weighted by Gasteiger charge is 2.23. The molecule has 2 aliphatic rings. The van der Waals surface area contributed by atoms with Crippen molar-refractivity contribution in [3.63, 3.8) is 0 Å². The minimum atomic E-state index is -0.176. The molecule has 2 fully saturated rings. The van der Waals surface area contributed by atoms with E-state index in [9.17, 15) is 4.79 Å². The van der Waals surface area contributed by atoms with Gasteiger partial charge in [0.15, 0.2) is 5.96 Å². The van der Waals surface area contributed by atoms with Crippen LogP contribution in [0.4, 0.5) is 0 Å². The molecule has 166 valence electrons. The molecule has 2 saturated heterocycles. The van der Waals surface area contributed by atoms with Gasteiger partial charge in [-0.1, -0.05) is 24.3 Å². The molecule has 1 amide bonds. The summed E-state index contributed by atoms with van der Waals surface area (Å²) in [6.45, 7) is 8.84. The Labute approximate surface area is 179 Å². The molecule has 1 unspecified atom stereocenters. The van der Waals surface area contributed by atoms with Crippen molar-refractivity contribution in [2.24, 2.45) is 16.6 Å². The molecule has 0 spiro atoms. The summed E-state index contributed by atoms with van der Waals surface area (Å²) in [6.07, 6.45) is 1.94. The lowest BCUT2D eigenvalue weighted by Crippen LogP contribution is -2.44. The largest absolute Gasteiger partial charge is 0.379 e. The Hall–Kier alpha value is -2.16. The number of ether oxygens (including phenoxy) is 1. The third-order valence-corrected chi connectivity index (χ3v) is 5.81. The van der Waals surface area contributed by atoms with Crippen LogP contribution in [0.3, 0.4) is 0 Å². The summed E-state index contributed by atoms with van der Waals surface area (Å²) in [4.78, 5) is 20.6. The highest BCUT2D eigenvalue weighted by Crippen LogP contribution is 2.18. The highest BCUT2D eigenvalue weighted by atomic mass is 16.5. The number of nitrogens with one attached hydrogen (secondary N) is 2. The van der Waals surface area contributed by atoms with E-state index < -0.39 is 0 Å². The van der Waals surface area contributed by atoms with Gasteiger partial charge in [0.2, 0.25) is 5.91 Å². The maximum atomic E-state index is 11.5. The van der Waals surface area contributed by atoms with Crippen molar-refractivity contribution in [3.8, 4) is 0 Å². The lowest BCUT2D eigenvalue weighted by Gasteiger charge is -2.31. The van der Waals surface area contributed by atoms with Crippen LogP contribution in [0.5, 0.6) is 0 Å². The number of primary amides is 1. The molecule has 0 aliphatic carbocycles. The number of rotatable bonds is 8. The van der Waals surface area contributed by atoms with E-state index in [1.54, 1.807) is 7.05 Å². The Balaban J connectivity index is 1.43. The number of benzene rings is 1. The quantitative estimate of drug-likeness (QED) is 0.419. The van der Waals surface area contributed by atoms with Crippen LogP contribution in [0.15, 0.2) is 29.3 Å². The fourth-order valence-electron chi connectivity index (χ4n) is 4.09. The van der Waals surface area contributed by atoms with Crippen LogP contribution in [0, 0.1) is 5.92 Å². The SMILES string of the molecule is CN=C(NCCN1CCOCC1)NCc1cccc(CN2CCCC(C(N)=O)C2)c1. The molecule has 8 heteroatoms. The fraction of sp³-hybridized carbons (Fsp3) is 0.636. The van der Waals surface area contributed by atoms with Gasteiger partial charge < -0.3 is 21.1 Å². The Kier molecular flexibility index (Phi) is 8.92. The van der Waals surface area contributed by atoms with Gasteiger partial charge in [0.1, 0.15) is 0 Å². The summed E-state index contributed by atoms with van der Waals surface area (Å²) >= 11 is 0.